The quantitative estimate of drug-likeness (QED) is 0.259. The van der Waals surface area contributed by atoms with Crippen molar-refractivity contribution >= 4 is 17.7 Å². The molecular formula is C35H57N5O4. The fourth-order valence-electron chi connectivity index (χ4n) is 6.97. The van der Waals surface area contributed by atoms with E-state index in [0.717, 1.165) is 18.4 Å². The maximum absolute atomic E-state index is 14.0. The molecule has 2 aliphatic rings. The number of benzene rings is 1. The van der Waals surface area contributed by atoms with Crippen molar-refractivity contribution in [2.75, 3.05) is 6.54 Å². The average molecular weight is 612 g/mol. The summed E-state index contributed by atoms with van der Waals surface area (Å²) in [7, 11) is 0. The molecule has 0 spiro atoms. The van der Waals surface area contributed by atoms with Gasteiger partial charge in [0.05, 0.1) is 5.92 Å². The van der Waals surface area contributed by atoms with Crippen LogP contribution in [-0.2, 0) is 20.8 Å². The summed E-state index contributed by atoms with van der Waals surface area (Å²) in [5, 5.41) is 18.2. The molecule has 1 unspecified atom stereocenters. The van der Waals surface area contributed by atoms with Gasteiger partial charge in [-0.15, -0.1) is 0 Å². The second-order valence-corrected chi connectivity index (χ2v) is 14.9. The van der Waals surface area contributed by atoms with E-state index in [4.69, 9.17) is 5.73 Å². The highest BCUT2D eigenvalue weighted by Crippen LogP contribution is 2.36. The molecule has 5 N–H and O–H groups in total. The van der Waals surface area contributed by atoms with E-state index in [1.165, 1.54) is 5.06 Å². The minimum Gasteiger partial charge on any atom is -0.351 e. The Morgan fingerprint density at radius 1 is 1.02 bits per heavy atom. The number of likely N-dealkylation sites (tertiary alicyclic amines) is 1. The van der Waals surface area contributed by atoms with Crippen LogP contribution >= 0.6 is 0 Å². The van der Waals surface area contributed by atoms with E-state index in [0.29, 0.717) is 38.1 Å². The molecule has 9 nitrogen and oxygen atoms in total. The van der Waals surface area contributed by atoms with E-state index in [9.17, 15) is 19.6 Å². The summed E-state index contributed by atoms with van der Waals surface area (Å²) in [5.74, 6) is -0.788. The Hall–Kier alpha value is -2.75. The van der Waals surface area contributed by atoms with Crippen molar-refractivity contribution in [1.82, 2.24) is 20.6 Å². The third kappa shape index (κ3) is 9.38. The van der Waals surface area contributed by atoms with Crippen molar-refractivity contribution < 1.29 is 19.6 Å². The summed E-state index contributed by atoms with van der Waals surface area (Å²) >= 11 is 0. The summed E-state index contributed by atoms with van der Waals surface area (Å²) < 4.78 is 0. The molecule has 0 radical (unpaired) electrons. The van der Waals surface area contributed by atoms with Crippen LogP contribution < -0.4 is 16.4 Å². The highest BCUT2D eigenvalue weighted by Gasteiger charge is 2.46. The molecule has 0 bridgehead atoms. The molecule has 3 rings (SSSR count). The Morgan fingerprint density at radius 3 is 2.20 bits per heavy atom. The molecular weight excluding hydrogens is 554 g/mol. The molecule has 0 aliphatic carbocycles. The maximum atomic E-state index is 14.0. The Morgan fingerprint density at radius 2 is 1.64 bits per heavy atom. The Balaban J connectivity index is 1.73. The first kappa shape index (κ1) is 35.7. The summed E-state index contributed by atoms with van der Waals surface area (Å²) in [6.45, 7) is 16.4. The number of hydrogen-bond donors (Lipinski definition) is 4. The van der Waals surface area contributed by atoms with Crippen molar-refractivity contribution in [1.29, 1.82) is 0 Å². The number of nitrogens with one attached hydrogen (secondary N) is 2. The zero-order valence-electron chi connectivity index (χ0n) is 28.2. The number of carbonyl (C=O) groups excluding carboxylic acids is 3. The van der Waals surface area contributed by atoms with Crippen molar-refractivity contribution in [2.24, 2.45) is 23.5 Å². The number of nitrogens with two attached hydrogens (primary N) is 1. The maximum Gasteiger partial charge on any atom is 0.243 e. The predicted octanol–water partition coefficient (Wildman–Crippen LogP) is 4.43. The van der Waals surface area contributed by atoms with Gasteiger partial charge in [0.15, 0.2) is 0 Å². The van der Waals surface area contributed by atoms with Crippen LogP contribution in [0.3, 0.4) is 0 Å². The van der Waals surface area contributed by atoms with Crippen LogP contribution in [-0.4, -0.2) is 74.7 Å². The smallest absolute Gasteiger partial charge is 0.243 e. The topological polar surface area (TPSA) is 128 Å². The summed E-state index contributed by atoms with van der Waals surface area (Å²) in [6.07, 6.45) is 7.63. The summed E-state index contributed by atoms with van der Waals surface area (Å²) in [5.41, 5.74) is 6.36. The van der Waals surface area contributed by atoms with Gasteiger partial charge in [-0.25, -0.2) is 0 Å². The summed E-state index contributed by atoms with van der Waals surface area (Å²) in [6, 6.07) is 8.22. The van der Waals surface area contributed by atoms with Crippen molar-refractivity contribution in [3.63, 3.8) is 0 Å². The van der Waals surface area contributed by atoms with E-state index < -0.39 is 29.1 Å². The van der Waals surface area contributed by atoms with Gasteiger partial charge in [0, 0.05) is 29.7 Å². The molecule has 0 aromatic heterocycles. The van der Waals surface area contributed by atoms with Crippen molar-refractivity contribution in [2.45, 2.75) is 129 Å². The minimum atomic E-state index is -0.743. The third-order valence-electron chi connectivity index (χ3n) is 9.02. The Kier molecular flexibility index (Phi) is 12.2. The number of amides is 3. The minimum absolute atomic E-state index is 0.0923. The molecule has 44 heavy (non-hydrogen) atoms. The van der Waals surface area contributed by atoms with Crippen LogP contribution in [0, 0.1) is 17.8 Å². The molecule has 1 aromatic rings. The van der Waals surface area contributed by atoms with Gasteiger partial charge >= 0.3 is 0 Å². The molecule has 246 valence electrons. The lowest BCUT2D eigenvalue weighted by molar-refractivity contribution is -0.246. The van der Waals surface area contributed by atoms with Crippen LogP contribution in [0.4, 0.5) is 0 Å². The molecule has 1 aromatic carbocycles. The van der Waals surface area contributed by atoms with Crippen LogP contribution in [0.2, 0.25) is 0 Å². The van der Waals surface area contributed by atoms with Gasteiger partial charge in [-0.3, -0.25) is 14.4 Å². The van der Waals surface area contributed by atoms with E-state index in [1.54, 1.807) is 4.90 Å². The van der Waals surface area contributed by atoms with E-state index in [-0.39, 0.29) is 35.7 Å². The lowest BCUT2D eigenvalue weighted by atomic mass is 9.79. The number of hydroxylamine groups is 2. The monoisotopic (exact) mass is 611 g/mol. The average Bonchev–Trinajstić information content (AvgIpc) is 3.42. The first-order chi connectivity index (χ1) is 20.5. The molecule has 2 heterocycles. The Bertz CT molecular complexity index is 1130. The zero-order valence-corrected chi connectivity index (χ0v) is 28.2. The van der Waals surface area contributed by atoms with Crippen LogP contribution in [0.5, 0.6) is 0 Å². The SMILES string of the molecule is CC(C)C[C@H](N)/C=C/[C@H](Cc1ccccc1)C(=O)N1CCC[C@H]1C(=O)NC(C(=O)NC1CC(C)(C)N(O)C(C)(C)C1)C(C)C. The van der Waals surface area contributed by atoms with Gasteiger partial charge in [-0.2, -0.15) is 5.06 Å². The van der Waals surface area contributed by atoms with Crippen molar-refractivity contribution in [3.8, 4) is 0 Å². The highest BCUT2D eigenvalue weighted by molar-refractivity contribution is 5.93. The van der Waals surface area contributed by atoms with Gasteiger partial charge in [0.2, 0.25) is 17.7 Å². The van der Waals surface area contributed by atoms with Crippen LogP contribution in [0.15, 0.2) is 42.5 Å². The van der Waals surface area contributed by atoms with E-state index in [2.05, 4.69) is 24.5 Å². The van der Waals surface area contributed by atoms with Crippen LogP contribution in [0.25, 0.3) is 0 Å². The van der Waals surface area contributed by atoms with E-state index in [1.807, 2.05) is 84.0 Å². The second-order valence-electron chi connectivity index (χ2n) is 14.9. The number of piperidine rings is 1. The Labute approximate surface area is 265 Å². The lowest BCUT2D eigenvalue weighted by Gasteiger charge is -2.51. The number of rotatable bonds is 12. The second kappa shape index (κ2) is 15.0. The normalized spacial score (nSPS) is 22.7. The zero-order chi connectivity index (χ0) is 32.8. The fourth-order valence-corrected chi connectivity index (χ4v) is 6.97. The number of hydrogen-bond acceptors (Lipinski definition) is 6. The summed E-state index contributed by atoms with van der Waals surface area (Å²) in [4.78, 5) is 43.0. The lowest BCUT2D eigenvalue weighted by Crippen LogP contribution is -2.64. The van der Waals surface area contributed by atoms with E-state index >= 15 is 0 Å². The van der Waals surface area contributed by atoms with Gasteiger partial charge < -0.3 is 26.5 Å². The van der Waals surface area contributed by atoms with Gasteiger partial charge in [0.1, 0.15) is 12.1 Å². The number of carbonyl (C=O) groups is 3. The van der Waals surface area contributed by atoms with Crippen LogP contribution in [0.1, 0.15) is 93.1 Å². The first-order valence-corrected chi connectivity index (χ1v) is 16.4. The largest absolute Gasteiger partial charge is 0.351 e. The van der Waals surface area contributed by atoms with Crippen molar-refractivity contribution in [3.05, 3.63) is 48.0 Å². The third-order valence-corrected chi connectivity index (χ3v) is 9.02. The number of nitrogens with zero attached hydrogens (tertiary/aromatic N) is 2. The van der Waals surface area contributed by atoms with Gasteiger partial charge in [0.25, 0.3) is 0 Å². The molecule has 2 fully saturated rings. The fraction of sp³-hybridized carbons (Fsp3) is 0.686. The molecule has 2 saturated heterocycles. The predicted molar refractivity (Wildman–Crippen MR) is 175 cm³/mol. The standard InChI is InChI=1S/C35H57N5O4/c1-23(2)19-27(36)17-16-26(20-25-13-10-9-11-14-25)33(43)39-18-12-15-29(39)31(41)38-30(24(3)4)32(42)37-28-21-34(5,6)40(44)35(7,8)22-28/h9-11,13-14,16-17,23-24,26-30,44H,12,15,18-22,36H2,1-8H3,(H,37,42)(H,38,41)/b17-16+/t26-,27-,29+,30?/m1/s1. The molecule has 4 atom stereocenters. The highest BCUT2D eigenvalue weighted by atomic mass is 16.5. The van der Waals surface area contributed by atoms with Gasteiger partial charge in [-0.05, 0) is 83.6 Å². The first-order valence-electron chi connectivity index (χ1n) is 16.4. The van der Waals surface area contributed by atoms with Gasteiger partial charge in [-0.1, -0.05) is 70.2 Å². The molecule has 2 aliphatic heterocycles. The molecule has 0 saturated carbocycles. The molecule has 3 amide bonds. The molecule has 9 heteroatoms.